The highest BCUT2D eigenvalue weighted by Gasteiger charge is 2.40. The average molecular weight is 452 g/mol. The fraction of sp³-hybridized carbons (Fsp3) is 0.400. The Labute approximate surface area is 192 Å². The van der Waals surface area contributed by atoms with Crippen molar-refractivity contribution in [3.05, 3.63) is 71.5 Å². The molecule has 1 fully saturated rings. The molecule has 4 rings (SSSR count). The number of aliphatic hydroxyl groups is 1. The van der Waals surface area contributed by atoms with Gasteiger partial charge in [0.2, 0.25) is 0 Å². The van der Waals surface area contributed by atoms with Crippen LogP contribution in [0.25, 0.3) is 5.52 Å². The van der Waals surface area contributed by atoms with Crippen LogP contribution in [0.1, 0.15) is 48.3 Å². The molecular formula is C25H29N3O5. The lowest BCUT2D eigenvalue weighted by atomic mass is 9.79. The van der Waals surface area contributed by atoms with Gasteiger partial charge in [0, 0.05) is 19.3 Å². The number of carbonyl (C=O) groups excluding carboxylic acids is 2. The molecule has 1 atom stereocenters. The average Bonchev–Trinajstić information content (AvgIpc) is 3.24. The van der Waals surface area contributed by atoms with Crippen LogP contribution in [0.5, 0.6) is 0 Å². The van der Waals surface area contributed by atoms with Crippen LogP contribution >= 0.6 is 0 Å². The molecule has 1 aromatic carbocycles. The second-order valence-corrected chi connectivity index (χ2v) is 8.43. The largest absolute Gasteiger partial charge is 0.462 e. The third-order valence-corrected chi connectivity index (χ3v) is 6.30. The fourth-order valence-corrected chi connectivity index (χ4v) is 4.42. The highest BCUT2D eigenvalue weighted by molar-refractivity contribution is 5.97. The molecule has 1 unspecified atom stereocenters. The summed E-state index contributed by atoms with van der Waals surface area (Å²) in [5.74, 6) is -0.563. The van der Waals surface area contributed by atoms with Crippen LogP contribution in [-0.2, 0) is 21.7 Å². The minimum Gasteiger partial charge on any atom is -0.462 e. The Morgan fingerprint density at radius 1 is 1.12 bits per heavy atom. The number of fused-ring (bicyclic) bond motifs is 1. The van der Waals surface area contributed by atoms with Crippen molar-refractivity contribution in [3.8, 4) is 0 Å². The van der Waals surface area contributed by atoms with Gasteiger partial charge in [-0.05, 0) is 56.4 Å². The molecule has 1 saturated heterocycles. The van der Waals surface area contributed by atoms with Crippen molar-refractivity contribution in [2.45, 2.75) is 38.9 Å². The van der Waals surface area contributed by atoms with Gasteiger partial charge in [-0.15, -0.1) is 0 Å². The number of aromatic nitrogens is 2. The van der Waals surface area contributed by atoms with Crippen LogP contribution in [0.4, 0.5) is 4.79 Å². The minimum absolute atomic E-state index is 0.120. The predicted octanol–water partition coefficient (Wildman–Crippen LogP) is 3.77. The first-order valence-electron chi connectivity index (χ1n) is 11.2. The number of hydrogen-bond donors (Lipinski definition) is 1. The van der Waals surface area contributed by atoms with Crippen LogP contribution in [0.2, 0.25) is 0 Å². The van der Waals surface area contributed by atoms with Crippen molar-refractivity contribution in [1.29, 1.82) is 0 Å². The molecule has 0 saturated carbocycles. The quantitative estimate of drug-likeness (QED) is 0.574. The van der Waals surface area contributed by atoms with Gasteiger partial charge in [-0.2, -0.15) is 5.10 Å². The van der Waals surface area contributed by atoms with E-state index in [2.05, 4.69) is 5.10 Å². The molecule has 3 aromatic rings. The fourth-order valence-electron chi connectivity index (χ4n) is 4.42. The zero-order valence-corrected chi connectivity index (χ0v) is 18.9. The number of likely N-dealkylation sites (tertiary alicyclic amines) is 1. The summed E-state index contributed by atoms with van der Waals surface area (Å²) >= 11 is 0. The van der Waals surface area contributed by atoms with Gasteiger partial charge in [0.15, 0.2) is 0 Å². The standard InChI is InChI=1S/C25H29N3O5/c1-3-32-23(29)20-16-22(28-21(20)10-7-13-26-28)25(2,31)19-11-14-27(15-12-19)24(30)33-17-18-8-5-4-6-9-18/h4-10,13,16,19,31H,3,11-12,14-15,17H2,1-2H3. The molecule has 1 N–H and O–H groups in total. The van der Waals surface area contributed by atoms with E-state index in [4.69, 9.17) is 9.47 Å². The van der Waals surface area contributed by atoms with Gasteiger partial charge in [-0.25, -0.2) is 14.1 Å². The molecular weight excluding hydrogens is 422 g/mol. The number of hydrogen-bond acceptors (Lipinski definition) is 6. The van der Waals surface area contributed by atoms with E-state index in [0.717, 1.165) is 5.56 Å². The minimum atomic E-state index is -1.25. The van der Waals surface area contributed by atoms with Gasteiger partial charge < -0.3 is 19.5 Å². The summed E-state index contributed by atoms with van der Waals surface area (Å²) in [4.78, 5) is 26.6. The number of rotatable bonds is 6. The van der Waals surface area contributed by atoms with Crippen LogP contribution in [0.3, 0.4) is 0 Å². The monoisotopic (exact) mass is 451 g/mol. The summed E-state index contributed by atoms with van der Waals surface area (Å²) in [5, 5.41) is 15.9. The third kappa shape index (κ3) is 4.71. The van der Waals surface area contributed by atoms with E-state index < -0.39 is 11.6 Å². The highest BCUT2D eigenvalue weighted by Crippen LogP contribution is 2.38. The Balaban J connectivity index is 1.45. The zero-order chi connectivity index (χ0) is 23.4. The van der Waals surface area contributed by atoms with E-state index in [9.17, 15) is 14.7 Å². The third-order valence-electron chi connectivity index (χ3n) is 6.30. The van der Waals surface area contributed by atoms with Crippen LogP contribution < -0.4 is 0 Å². The van der Waals surface area contributed by atoms with Crippen molar-refractivity contribution in [2.24, 2.45) is 5.92 Å². The number of ether oxygens (including phenoxy) is 2. The van der Waals surface area contributed by atoms with Crippen molar-refractivity contribution < 1.29 is 24.2 Å². The van der Waals surface area contributed by atoms with E-state index in [0.29, 0.717) is 42.7 Å². The SMILES string of the molecule is CCOC(=O)c1cc(C(C)(O)C2CCN(C(=O)OCc3ccccc3)CC2)n2ncccc12. The molecule has 33 heavy (non-hydrogen) atoms. The zero-order valence-electron chi connectivity index (χ0n) is 18.9. The molecule has 1 aliphatic heterocycles. The molecule has 0 bridgehead atoms. The molecule has 8 nitrogen and oxygen atoms in total. The van der Waals surface area contributed by atoms with E-state index in [1.54, 1.807) is 47.7 Å². The Morgan fingerprint density at radius 3 is 2.55 bits per heavy atom. The topological polar surface area (TPSA) is 93.4 Å². The lowest BCUT2D eigenvalue weighted by molar-refractivity contribution is -0.0372. The molecule has 174 valence electrons. The summed E-state index contributed by atoms with van der Waals surface area (Å²) in [6.07, 6.45) is 2.47. The van der Waals surface area contributed by atoms with Gasteiger partial charge in [0.1, 0.15) is 12.2 Å². The number of carbonyl (C=O) groups is 2. The van der Waals surface area contributed by atoms with E-state index in [-0.39, 0.29) is 25.2 Å². The Bertz CT molecular complexity index is 1120. The first-order valence-corrected chi connectivity index (χ1v) is 11.2. The van der Waals surface area contributed by atoms with Crippen LogP contribution in [0, 0.1) is 5.92 Å². The molecule has 1 amide bonds. The van der Waals surface area contributed by atoms with E-state index in [1.165, 1.54) is 0 Å². The van der Waals surface area contributed by atoms with Gasteiger partial charge in [-0.1, -0.05) is 30.3 Å². The van der Waals surface area contributed by atoms with E-state index in [1.807, 2.05) is 30.3 Å². The lowest BCUT2D eigenvalue weighted by Gasteiger charge is -2.39. The summed E-state index contributed by atoms with van der Waals surface area (Å²) in [5.41, 5.74) is 1.19. The van der Waals surface area contributed by atoms with E-state index >= 15 is 0 Å². The smallest absolute Gasteiger partial charge is 0.410 e. The first-order chi connectivity index (χ1) is 15.9. The molecule has 0 aliphatic carbocycles. The number of nitrogens with zero attached hydrogens (tertiary/aromatic N) is 3. The maximum absolute atomic E-state index is 12.5. The van der Waals surface area contributed by atoms with Gasteiger partial charge in [0.25, 0.3) is 0 Å². The van der Waals surface area contributed by atoms with Crippen molar-refractivity contribution in [2.75, 3.05) is 19.7 Å². The lowest BCUT2D eigenvalue weighted by Crippen LogP contribution is -2.44. The number of benzene rings is 1. The highest BCUT2D eigenvalue weighted by atomic mass is 16.6. The molecule has 3 heterocycles. The Morgan fingerprint density at radius 2 is 1.85 bits per heavy atom. The molecule has 0 spiro atoms. The Kier molecular flexibility index (Phi) is 6.65. The van der Waals surface area contributed by atoms with Gasteiger partial charge in [0.05, 0.1) is 23.4 Å². The Hall–Kier alpha value is -3.39. The molecule has 2 aromatic heterocycles. The summed E-state index contributed by atoms with van der Waals surface area (Å²) in [6.45, 7) is 4.96. The second-order valence-electron chi connectivity index (χ2n) is 8.43. The maximum atomic E-state index is 12.5. The maximum Gasteiger partial charge on any atom is 0.410 e. The predicted molar refractivity (Wildman–Crippen MR) is 122 cm³/mol. The molecule has 8 heteroatoms. The first kappa shape index (κ1) is 22.8. The number of amides is 1. The number of esters is 1. The summed E-state index contributed by atoms with van der Waals surface area (Å²) in [7, 11) is 0. The van der Waals surface area contributed by atoms with Crippen LogP contribution in [-0.4, -0.2) is 51.4 Å². The summed E-state index contributed by atoms with van der Waals surface area (Å²) in [6, 6.07) is 14.8. The van der Waals surface area contributed by atoms with Crippen molar-refractivity contribution >= 4 is 17.6 Å². The number of piperidine rings is 1. The molecule has 1 aliphatic rings. The summed E-state index contributed by atoms with van der Waals surface area (Å²) < 4.78 is 12.2. The van der Waals surface area contributed by atoms with Gasteiger partial charge in [-0.3, -0.25) is 0 Å². The van der Waals surface area contributed by atoms with Crippen LogP contribution in [0.15, 0.2) is 54.7 Å². The van der Waals surface area contributed by atoms with Crippen molar-refractivity contribution in [1.82, 2.24) is 14.5 Å². The molecule has 0 radical (unpaired) electrons. The van der Waals surface area contributed by atoms with Gasteiger partial charge >= 0.3 is 12.1 Å². The normalized spacial score (nSPS) is 16.4. The second kappa shape index (κ2) is 9.62. The van der Waals surface area contributed by atoms with Crippen molar-refractivity contribution in [3.63, 3.8) is 0 Å².